The zero-order chi connectivity index (χ0) is 19.8. The van der Waals surface area contributed by atoms with Gasteiger partial charge in [0.05, 0.1) is 0 Å². The summed E-state index contributed by atoms with van der Waals surface area (Å²) in [6.07, 6.45) is 1.18. The quantitative estimate of drug-likeness (QED) is 0.716. The molecule has 0 saturated carbocycles. The molecule has 148 valence electrons. The average molecular weight is 374 g/mol. The van der Waals surface area contributed by atoms with Gasteiger partial charge >= 0.3 is 6.03 Å². The minimum Gasteiger partial charge on any atom is -0.368 e. The molecule has 0 radical (unpaired) electrons. The second-order valence-corrected chi connectivity index (χ2v) is 6.94. The van der Waals surface area contributed by atoms with Crippen molar-refractivity contribution >= 4 is 23.4 Å². The van der Waals surface area contributed by atoms with E-state index in [1.54, 1.807) is 11.8 Å². The number of hydrogen-bond acceptors (Lipinski definition) is 4. The first-order valence-electron chi connectivity index (χ1n) is 9.58. The number of Topliss-reactive ketones (excluding diaryl/α,β-unsaturated/α-hetero) is 1. The van der Waals surface area contributed by atoms with Gasteiger partial charge in [-0.1, -0.05) is 6.92 Å². The van der Waals surface area contributed by atoms with E-state index in [4.69, 9.17) is 0 Å². The van der Waals surface area contributed by atoms with Crippen LogP contribution in [0.5, 0.6) is 0 Å². The molecule has 1 saturated heterocycles. The van der Waals surface area contributed by atoms with Gasteiger partial charge in [-0.3, -0.25) is 9.59 Å². The Hall–Kier alpha value is -2.57. The topological polar surface area (TPSA) is 81.8 Å². The number of carbonyl (C=O) groups is 3. The number of anilines is 1. The van der Waals surface area contributed by atoms with Gasteiger partial charge in [0.15, 0.2) is 5.78 Å². The Morgan fingerprint density at radius 3 is 2.26 bits per heavy atom. The molecule has 1 aromatic rings. The number of piperazine rings is 1. The molecule has 7 heteroatoms. The summed E-state index contributed by atoms with van der Waals surface area (Å²) in [5.74, 6) is 0.0179. The van der Waals surface area contributed by atoms with Crippen molar-refractivity contribution in [1.82, 2.24) is 15.5 Å². The van der Waals surface area contributed by atoms with Crippen molar-refractivity contribution < 1.29 is 14.4 Å². The summed E-state index contributed by atoms with van der Waals surface area (Å²) in [6, 6.07) is 7.59. The molecular formula is C20H30N4O3. The van der Waals surface area contributed by atoms with E-state index in [1.165, 1.54) is 0 Å². The standard InChI is InChI=1S/C20H30N4O3/c1-4-15(2)22-19(26)9-10-21-20(27)24-13-11-23(12-14-24)18-7-5-17(6-8-18)16(3)25/h5-8,15H,4,9-14H2,1-3H3,(H,21,27)(H,22,26). The summed E-state index contributed by atoms with van der Waals surface area (Å²) in [6.45, 7) is 8.60. The molecule has 1 unspecified atom stereocenters. The number of amides is 3. The number of urea groups is 1. The van der Waals surface area contributed by atoms with Crippen molar-refractivity contribution in [1.29, 1.82) is 0 Å². The van der Waals surface area contributed by atoms with Gasteiger partial charge in [0.2, 0.25) is 5.91 Å². The molecule has 2 N–H and O–H groups in total. The Labute approximate surface area is 161 Å². The summed E-state index contributed by atoms with van der Waals surface area (Å²) in [5.41, 5.74) is 1.76. The monoisotopic (exact) mass is 374 g/mol. The molecule has 1 fully saturated rings. The lowest BCUT2D eigenvalue weighted by Gasteiger charge is -2.36. The first-order chi connectivity index (χ1) is 12.9. The predicted octanol–water partition coefficient (Wildman–Crippen LogP) is 2.03. The molecule has 0 aromatic heterocycles. The Morgan fingerprint density at radius 1 is 1.07 bits per heavy atom. The minimum atomic E-state index is -0.127. The molecule has 1 heterocycles. The summed E-state index contributed by atoms with van der Waals surface area (Å²) in [7, 11) is 0. The fourth-order valence-corrected chi connectivity index (χ4v) is 2.92. The molecule has 1 aromatic carbocycles. The van der Waals surface area contributed by atoms with Gasteiger partial charge < -0.3 is 20.4 Å². The van der Waals surface area contributed by atoms with E-state index in [1.807, 2.05) is 38.1 Å². The molecule has 1 aliphatic heterocycles. The first-order valence-corrected chi connectivity index (χ1v) is 9.58. The van der Waals surface area contributed by atoms with E-state index >= 15 is 0 Å². The first kappa shape index (κ1) is 20.7. The molecular weight excluding hydrogens is 344 g/mol. The number of benzene rings is 1. The Bertz CT molecular complexity index is 652. The second-order valence-electron chi connectivity index (χ2n) is 6.94. The van der Waals surface area contributed by atoms with Crippen molar-refractivity contribution in [3.05, 3.63) is 29.8 Å². The number of ketones is 1. The highest BCUT2D eigenvalue weighted by Crippen LogP contribution is 2.17. The Balaban J connectivity index is 1.72. The Morgan fingerprint density at radius 2 is 1.70 bits per heavy atom. The van der Waals surface area contributed by atoms with Crippen LogP contribution in [-0.4, -0.2) is 61.4 Å². The van der Waals surface area contributed by atoms with Crippen LogP contribution in [0.2, 0.25) is 0 Å². The lowest BCUT2D eigenvalue weighted by Crippen LogP contribution is -2.52. The molecule has 27 heavy (non-hydrogen) atoms. The van der Waals surface area contributed by atoms with Gasteiger partial charge in [0.25, 0.3) is 0 Å². The highest BCUT2D eigenvalue weighted by Gasteiger charge is 2.21. The third-order valence-corrected chi connectivity index (χ3v) is 4.85. The van der Waals surface area contributed by atoms with Crippen LogP contribution >= 0.6 is 0 Å². The molecule has 0 aliphatic carbocycles. The van der Waals surface area contributed by atoms with Gasteiger partial charge in [-0.05, 0) is 44.5 Å². The maximum absolute atomic E-state index is 12.2. The van der Waals surface area contributed by atoms with Crippen LogP contribution < -0.4 is 15.5 Å². The normalized spacial score (nSPS) is 15.2. The summed E-state index contributed by atoms with van der Waals surface area (Å²) in [5, 5.41) is 5.71. The predicted molar refractivity (Wildman–Crippen MR) is 106 cm³/mol. The molecule has 0 spiro atoms. The maximum Gasteiger partial charge on any atom is 0.317 e. The van der Waals surface area contributed by atoms with Crippen LogP contribution in [0.15, 0.2) is 24.3 Å². The van der Waals surface area contributed by atoms with E-state index in [9.17, 15) is 14.4 Å². The third kappa shape index (κ3) is 6.27. The van der Waals surface area contributed by atoms with Crippen LogP contribution in [0.4, 0.5) is 10.5 Å². The fraction of sp³-hybridized carbons (Fsp3) is 0.550. The van der Waals surface area contributed by atoms with Crippen LogP contribution in [-0.2, 0) is 4.79 Å². The van der Waals surface area contributed by atoms with Gasteiger partial charge in [0.1, 0.15) is 0 Å². The van der Waals surface area contributed by atoms with Crippen molar-refractivity contribution in [3.63, 3.8) is 0 Å². The Kier molecular flexibility index (Phi) is 7.64. The maximum atomic E-state index is 12.2. The summed E-state index contributed by atoms with van der Waals surface area (Å²) < 4.78 is 0. The summed E-state index contributed by atoms with van der Waals surface area (Å²) in [4.78, 5) is 39.3. The van der Waals surface area contributed by atoms with Gasteiger partial charge in [0, 0.05) is 56.4 Å². The number of carbonyl (C=O) groups excluding carboxylic acids is 3. The molecule has 0 bridgehead atoms. The van der Waals surface area contributed by atoms with Crippen LogP contribution in [0, 0.1) is 0 Å². The summed E-state index contributed by atoms with van der Waals surface area (Å²) >= 11 is 0. The van der Waals surface area contributed by atoms with Crippen molar-refractivity contribution in [3.8, 4) is 0 Å². The average Bonchev–Trinajstić information content (AvgIpc) is 2.68. The molecule has 1 aliphatic rings. The second kappa shape index (κ2) is 9.94. The molecule has 2 rings (SSSR count). The zero-order valence-corrected chi connectivity index (χ0v) is 16.5. The van der Waals surface area contributed by atoms with E-state index in [-0.39, 0.29) is 23.8 Å². The highest BCUT2D eigenvalue weighted by atomic mass is 16.2. The van der Waals surface area contributed by atoms with Crippen molar-refractivity contribution in [2.24, 2.45) is 0 Å². The SMILES string of the molecule is CCC(C)NC(=O)CCNC(=O)N1CCN(c2ccc(C(C)=O)cc2)CC1. The number of rotatable bonds is 7. The van der Waals surface area contributed by atoms with Gasteiger partial charge in [-0.2, -0.15) is 0 Å². The fourth-order valence-electron chi connectivity index (χ4n) is 2.92. The van der Waals surface area contributed by atoms with E-state index in [2.05, 4.69) is 15.5 Å². The van der Waals surface area contributed by atoms with Crippen molar-refractivity contribution in [2.45, 2.75) is 39.7 Å². The smallest absolute Gasteiger partial charge is 0.317 e. The number of nitrogens with zero attached hydrogens (tertiary/aromatic N) is 2. The van der Waals surface area contributed by atoms with Crippen molar-refractivity contribution in [2.75, 3.05) is 37.6 Å². The highest BCUT2D eigenvalue weighted by molar-refractivity contribution is 5.94. The van der Waals surface area contributed by atoms with Crippen LogP contribution in [0.1, 0.15) is 44.0 Å². The lowest BCUT2D eigenvalue weighted by molar-refractivity contribution is -0.121. The largest absolute Gasteiger partial charge is 0.368 e. The molecule has 1 atom stereocenters. The van der Waals surface area contributed by atoms with E-state index in [0.717, 1.165) is 25.2 Å². The van der Waals surface area contributed by atoms with E-state index < -0.39 is 0 Å². The number of nitrogens with one attached hydrogen (secondary N) is 2. The van der Waals surface area contributed by atoms with Gasteiger partial charge in [-0.25, -0.2) is 4.79 Å². The zero-order valence-electron chi connectivity index (χ0n) is 16.5. The third-order valence-electron chi connectivity index (χ3n) is 4.85. The number of hydrogen-bond donors (Lipinski definition) is 2. The van der Waals surface area contributed by atoms with E-state index in [0.29, 0.717) is 31.6 Å². The van der Waals surface area contributed by atoms with Crippen LogP contribution in [0.25, 0.3) is 0 Å². The minimum absolute atomic E-state index is 0.0384. The van der Waals surface area contributed by atoms with Crippen LogP contribution in [0.3, 0.4) is 0 Å². The lowest BCUT2D eigenvalue weighted by atomic mass is 10.1. The molecule has 3 amide bonds. The molecule has 7 nitrogen and oxygen atoms in total. The van der Waals surface area contributed by atoms with Gasteiger partial charge in [-0.15, -0.1) is 0 Å².